The van der Waals surface area contributed by atoms with E-state index in [9.17, 15) is 15.0 Å². The Balaban J connectivity index is 1.33. The normalized spacial score (nSPS) is 19.2. The molecule has 5 rings (SSSR count). The van der Waals surface area contributed by atoms with Crippen LogP contribution in [0.2, 0.25) is 0 Å². The molecule has 10 nitrogen and oxygen atoms in total. The molecular formula is C27H24Cl3N5O5S. The van der Waals surface area contributed by atoms with Crippen molar-refractivity contribution in [2.45, 2.75) is 40.5 Å². The summed E-state index contributed by atoms with van der Waals surface area (Å²) in [6.07, 6.45) is -0.665. The van der Waals surface area contributed by atoms with E-state index in [1.165, 1.54) is 11.8 Å². The fourth-order valence-corrected chi connectivity index (χ4v) is 5.19. The number of aliphatic hydroxyl groups excluding tert-OH is 1. The van der Waals surface area contributed by atoms with Crippen LogP contribution in [0.4, 0.5) is 5.69 Å². The van der Waals surface area contributed by atoms with E-state index in [2.05, 4.69) is 20.8 Å². The van der Waals surface area contributed by atoms with E-state index in [-0.39, 0.29) is 24.6 Å². The first-order chi connectivity index (χ1) is 19.7. The minimum absolute atomic E-state index is 0.0479. The van der Waals surface area contributed by atoms with Crippen LogP contribution in [0.15, 0.2) is 78.0 Å². The Morgan fingerprint density at radius 2 is 1.68 bits per heavy atom. The molecule has 1 aromatic heterocycles. The Labute approximate surface area is 254 Å². The van der Waals surface area contributed by atoms with Crippen molar-refractivity contribution in [1.29, 1.82) is 0 Å². The molecule has 41 heavy (non-hydrogen) atoms. The highest BCUT2D eigenvalue weighted by molar-refractivity contribution is 7.99. The van der Waals surface area contributed by atoms with E-state index < -0.39 is 16.0 Å². The van der Waals surface area contributed by atoms with Gasteiger partial charge in [-0.25, -0.2) is 0 Å². The van der Waals surface area contributed by atoms with Gasteiger partial charge in [0.1, 0.15) is 5.75 Å². The van der Waals surface area contributed by atoms with Gasteiger partial charge in [-0.05, 0) is 58.0 Å². The molecule has 1 aliphatic rings. The Hall–Kier alpha value is -2.90. The maximum absolute atomic E-state index is 12.0. The molecule has 14 heteroatoms. The summed E-state index contributed by atoms with van der Waals surface area (Å²) in [6.45, 7) is -0.0479. The van der Waals surface area contributed by atoms with Crippen LogP contribution in [-0.4, -0.2) is 52.0 Å². The number of nitrogens with zero attached hydrogens (tertiary/aromatic N) is 4. The van der Waals surface area contributed by atoms with Crippen LogP contribution >= 0.6 is 46.6 Å². The maximum atomic E-state index is 12.0. The molecule has 1 fully saturated rings. The van der Waals surface area contributed by atoms with Gasteiger partial charge in [-0.1, -0.05) is 83.0 Å². The summed E-state index contributed by atoms with van der Waals surface area (Å²) in [5.74, 6) is -0.0871. The van der Waals surface area contributed by atoms with Crippen molar-refractivity contribution in [2.75, 3.05) is 11.1 Å². The largest absolute Gasteiger partial charge is 0.508 e. The van der Waals surface area contributed by atoms with Crippen molar-refractivity contribution in [2.24, 2.45) is 0 Å². The standard InChI is InChI=1S/C27H24Cl3N5O5S/c28-27(29,30)25(38)31-19-7-5-18(6-8-19)24-39-22(13-23(40-24)17-3-1-16(14-36)2-4-17)15-41-26-32-33-34-35(26)20-9-11-21(37)12-10-20/h1-12,22-24,36-37H,13-15H2,(H,31,38)/t22-,23+,24+/m0/s1. The van der Waals surface area contributed by atoms with Gasteiger partial charge in [-0.15, -0.1) is 5.10 Å². The average molecular weight is 637 g/mol. The third-order valence-corrected chi connectivity index (χ3v) is 7.81. The number of aromatic hydroxyl groups is 1. The second kappa shape index (κ2) is 13.0. The molecule has 214 valence electrons. The summed E-state index contributed by atoms with van der Waals surface area (Å²) in [5.41, 5.74) is 3.65. The van der Waals surface area contributed by atoms with Crippen molar-refractivity contribution >= 4 is 58.2 Å². The number of anilines is 1. The zero-order chi connectivity index (χ0) is 29.0. The van der Waals surface area contributed by atoms with Crippen molar-refractivity contribution in [1.82, 2.24) is 20.2 Å². The molecule has 0 saturated carbocycles. The van der Waals surface area contributed by atoms with E-state index in [4.69, 9.17) is 44.3 Å². The van der Waals surface area contributed by atoms with E-state index in [0.29, 0.717) is 28.7 Å². The smallest absolute Gasteiger partial charge is 0.276 e. The van der Waals surface area contributed by atoms with E-state index in [0.717, 1.165) is 16.7 Å². The number of carbonyl (C=O) groups excluding carboxylic acids is 1. The number of carbonyl (C=O) groups is 1. The quantitative estimate of drug-likeness (QED) is 0.169. The molecule has 0 bridgehead atoms. The number of aliphatic hydroxyl groups is 1. The molecule has 1 saturated heterocycles. The average Bonchev–Trinajstić information content (AvgIpc) is 3.45. The number of hydrogen-bond donors (Lipinski definition) is 3. The van der Waals surface area contributed by atoms with Gasteiger partial charge in [0.15, 0.2) is 6.29 Å². The molecule has 0 spiro atoms. The summed E-state index contributed by atoms with van der Waals surface area (Å²) in [6, 6.07) is 21.1. The molecule has 2 heterocycles. The van der Waals surface area contributed by atoms with Crippen LogP contribution in [0.5, 0.6) is 5.75 Å². The van der Waals surface area contributed by atoms with E-state index in [1.807, 2.05) is 24.3 Å². The third-order valence-electron chi connectivity index (χ3n) is 6.25. The Morgan fingerprint density at radius 3 is 2.34 bits per heavy atom. The zero-order valence-corrected chi connectivity index (χ0v) is 24.3. The molecule has 3 aromatic carbocycles. The number of ether oxygens (including phenoxy) is 2. The summed E-state index contributed by atoms with van der Waals surface area (Å²) < 4.78 is 12.2. The SMILES string of the molecule is O=C(Nc1ccc([C@@H]2O[C@H](CSc3nnnn3-c3ccc(O)cc3)C[C@H](c3ccc(CO)cc3)O2)cc1)C(Cl)(Cl)Cl. The lowest BCUT2D eigenvalue weighted by atomic mass is 10.0. The van der Waals surface area contributed by atoms with Gasteiger partial charge in [0.05, 0.1) is 24.5 Å². The molecular weight excluding hydrogens is 613 g/mol. The van der Waals surface area contributed by atoms with Crippen molar-refractivity contribution in [3.63, 3.8) is 0 Å². The van der Waals surface area contributed by atoms with Gasteiger partial charge in [0.2, 0.25) is 5.16 Å². The first-order valence-corrected chi connectivity index (χ1v) is 14.5. The molecule has 4 aromatic rings. The highest BCUT2D eigenvalue weighted by Gasteiger charge is 2.33. The van der Waals surface area contributed by atoms with Crippen LogP contribution < -0.4 is 5.32 Å². The minimum atomic E-state index is -2.08. The number of alkyl halides is 3. The van der Waals surface area contributed by atoms with Gasteiger partial charge in [-0.3, -0.25) is 4.79 Å². The molecule has 1 aliphatic heterocycles. The number of rotatable bonds is 8. The number of tetrazole rings is 1. The number of hydrogen-bond acceptors (Lipinski definition) is 9. The van der Waals surface area contributed by atoms with Crippen LogP contribution in [0.1, 0.15) is 35.5 Å². The van der Waals surface area contributed by atoms with Crippen molar-refractivity contribution < 1.29 is 24.5 Å². The summed E-state index contributed by atoms with van der Waals surface area (Å²) in [4.78, 5) is 12.0. The molecule has 0 aliphatic carbocycles. The lowest BCUT2D eigenvalue weighted by Gasteiger charge is -2.36. The highest BCUT2D eigenvalue weighted by Crippen LogP contribution is 2.39. The predicted molar refractivity (Wildman–Crippen MR) is 155 cm³/mol. The Bertz CT molecular complexity index is 1470. The lowest BCUT2D eigenvalue weighted by Crippen LogP contribution is -2.31. The van der Waals surface area contributed by atoms with Crippen LogP contribution in [0.3, 0.4) is 0 Å². The second-order valence-electron chi connectivity index (χ2n) is 9.12. The molecule has 1 amide bonds. The first-order valence-electron chi connectivity index (χ1n) is 12.4. The van der Waals surface area contributed by atoms with Crippen LogP contribution in [-0.2, 0) is 20.9 Å². The lowest BCUT2D eigenvalue weighted by molar-refractivity contribution is -0.245. The molecule has 0 unspecified atom stereocenters. The first kappa shape index (κ1) is 29.6. The number of amides is 1. The molecule has 0 radical (unpaired) electrons. The molecule has 3 atom stereocenters. The predicted octanol–water partition coefficient (Wildman–Crippen LogP) is 5.51. The van der Waals surface area contributed by atoms with E-state index in [1.54, 1.807) is 53.2 Å². The van der Waals surface area contributed by atoms with Gasteiger partial charge >= 0.3 is 0 Å². The maximum Gasteiger partial charge on any atom is 0.276 e. The van der Waals surface area contributed by atoms with Crippen LogP contribution in [0, 0.1) is 0 Å². The highest BCUT2D eigenvalue weighted by atomic mass is 35.6. The summed E-state index contributed by atoms with van der Waals surface area (Å²) in [7, 11) is 0. The van der Waals surface area contributed by atoms with Crippen LogP contribution in [0.25, 0.3) is 5.69 Å². The molecule has 3 N–H and O–H groups in total. The third kappa shape index (κ3) is 7.49. The number of nitrogens with one attached hydrogen (secondary N) is 1. The minimum Gasteiger partial charge on any atom is -0.508 e. The summed E-state index contributed by atoms with van der Waals surface area (Å²) in [5, 5.41) is 34.2. The summed E-state index contributed by atoms with van der Waals surface area (Å²) >= 11 is 18.4. The van der Waals surface area contributed by atoms with Crippen molar-refractivity contribution in [3.05, 3.63) is 89.5 Å². The number of thioether (sulfide) groups is 1. The van der Waals surface area contributed by atoms with Crippen molar-refractivity contribution in [3.8, 4) is 11.4 Å². The van der Waals surface area contributed by atoms with Gasteiger partial charge in [0.25, 0.3) is 9.70 Å². The number of halogens is 3. The van der Waals surface area contributed by atoms with Gasteiger partial charge < -0.3 is 25.0 Å². The topological polar surface area (TPSA) is 132 Å². The Kier molecular flexibility index (Phi) is 9.35. The Morgan fingerprint density at radius 1 is 1.00 bits per heavy atom. The number of benzene rings is 3. The van der Waals surface area contributed by atoms with E-state index >= 15 is 0 Å². The fourth-order valence-electron chi connectivity index (χ4n) is 4.14. The van der Waals surface area contributed by atoms with Gasteiger partial charge in [-0.2, -0.15) is 4.68 Å². The number of phenols is 1. The van der Waals surface area contributed by atoms with Gasteiger partial charge in [0, 0.05) is 23.4 Å². The number of phenolic OH excluding ortho intramolecular Hbond substituents is 1. The fraction of sp³-hybridized carbons (Fsp3) is 0.259. The number of aromatic nitrogens is 4. The monoisotopic (exact) mass is 635 g/mol. The zero-order valence-electron chi connectivity index (χ0n) is 21.2. The second-order valence-corrected chi connectivity index (χ2v) is 12.4.